The van der Waals surface area contributed by atoms with Gasteiger partial charge in [-0.1, -0.05) is 52.0 Å². The zero-order valence-corrected chi connectivity index (χ0v) is 12.8. The van der Waals surface area contributed by atoms with Gasteiger partial charge in [-0.2, -0.15) is 11.8 Å². The molecule has 0 spiro atoms. The molecule has 0 aliphatic rings. The normalized spacial score (nSPS) is 13.3. The maximum Gasteiger partial charge on any atom is 0.0550 e. The molecular formula is C15H26N2S. The summed E-state index contributed by atoms with van der Waals surface area (Å²) in [6.45, 7) is 8.92. The quantitative estimate of drug-likeness (QED) is 0.584. The lowest BCUT2D eigenvalue weighted by Gasteiger charge is -2.17. The van der Waals surface area contributed by atoms with E-state index in [0.717, 1.165) is 11.7 Å². The van der Waals surface area contributed by atoms with Crippen molar-refractivity contribution < 1.29 is 0 Å². The first kappa shape index (κ1) is 15.5. The van der Waals surface area contributed by atoms with Crippen LogP contribution in [0, 0.1) is 5.92 Å². The molecule has 3 heteroatoms. The number of rotatable bonds is 7. The maximum absolute atomic E-state index is 5.66. The second-order valence-electron chi connectivity index (χ2n) is 5.47. The standard InChI is InChI=1S/C15H26N2S/c1-11(2)9-18-10-15(17-16)14-7-5-13(6-8-14)12(3)4/h5-8,11-12,15,17H,9-10,16H2,1-4H3. The summed E-state index contributed by atoms with van der Waals surface area (Å²) in [6.07, 6.45) is 0. The van der Waals surface area contributed by atoms with Crippen LogP contribution >= 0.6 is 11.8 Å². The van der Waals surface area contributed by atoms with Gasteiger partial charge in [0.2, 0.25) is 0 Å². The fourth-order valence-corrected chi connectivity index (χ4v) is 2.91. The summed E-state index contributed by atoms with van der Waals surface area (Å²) in [6, 6.07) is 9.04. The van der Waals surface area contributed by atoms with E-state index < -0.39 is 0 Å². The van der Waals surface area contributed by atoms with Crippen molar-refractivity contribution in [2.45, 2.75) is 39.7 Å². The molecule has 1 rings (SSSR count). The van der Waals surface area contributed by atoms with E-state index in [2.05, 4.69) is 57.4 Å². The predicted molar refractivity (Wildman–Crippen MR) is 82.8 cm³/mol. The number of nitrogens with one attached hydrogen (secondary N) is 1. The molecule has 102 valence electrons. The van der Waals surface area contributed by atoms with E-state index in [-0.39, 0.29) is 6.04 Å². The van der Waals surface area contributed by atoms with Crippen molar-refractivity contribution >= 4 is 11.8 Å². The lowest BCUT2D eigenvalue weighted by atomic mass is 10.00. The summed E-state index contributed by atoms with van der Waals surface area (Å²) in [5.74, 6) is 9.18. The SMILES string of the molecule is CC(C)CSCC(NN)c1ccc(C(C)C)cc1. The molecule has 1 unspecified atom stereocenters. The van der Waals surface area contributed by atoms with Crippen LogP contribution in [-0.4, -0.2) is 11.5 Å². The summed E-state index contributed by atoms with van der Waals surface area (Å²) in [4.78, 5) is 0. The zero-order valence-electron chi connectivity index (χ0n) is 11.9. The molecule has 0 radical (unpaired) electrons. The van der Waals surface area contributed by atoms with Gasteiger partial charge in [0, 0.05) is 5.75 Å². The molecule has 0 saturated carbocycles. The Bertz CT molecular complexity index is 333. The Labute approximate surface area is 116 Å². The van der Waals surface area contributed by atoms with Gasteiger partial charge in [-0.05, 0) is 28.7 Å². The number of hydrazine groups is 1. The molecule has 1 aromatic carbocycles. The van der Waals surface area contributed by atoms with Crippen molar-refractivity contribution in [1.82, 2.24) is 5.43 Å². The van der Waals surface area contributed by atoms with Crippen LogP contribution in [0.1, 0.15) is 50.8 Å². The van der Waals surface area contributed by atoms with Gasteiger partial charge in [0.25, 0.3) is 0 Å². The molecule has 0 aliphatic heterocycles. The Morgan fingerprint density at radius 3 is 2.00 bits per heavy atom. The van der Waals surface area contributed by atoms with E-state index in [1.165, 1.54) is 16.9 Å². The zero-order chi connectivity index (χ0) is 13.5. The van der Waals surface area contributed by atoms with Gasteiger partial charge in [-0.25, -0.2) is 0 Å². The minimum atomic E-state index is 0.245. The van der Waals surface area contributed by atoms with E-state index in [1.54, 1.807) is 0 Å². The van der Waals surface area contributed by atoms with Crippen molar-refractivity contribution in [3.05, 3.63) is 35.4 Å². The molecule has 0 aromatic heterocycles. The van der Waals surface area contributed by atoms with Gasteiger partial charge < -0.3 is 0 Å². The molecule has 1 atom stereocenters. The molecule has 0 saturated heterocycles. The summed E-state index contributed by atoms with van der Waals surface area (Å²) in [5, 5.41) is 0. The molecule has 3 N–H and O–H groups in total. The van der Waals surface area contributed by atoms with Crippen LogP contribution in [0.2, 0.25) is 0 Å². The monoisotopic (exact) mass is 266 g/mol. The largest absolute Gasteiger partial charge is 0.271 e. The van der Waals surface area contributed by atoms with Crippen LogP contribution in [0.5, 0.6) is 0 Å². The lowest BCUT2D eigenvalue weighted by Crippen LogP contribution is -2.29. The number of nitrogens with two attached hydrogens (primary N) is 1. The van der Waals surface area contributed by atoms with E-state index in [4.69, 9.17) is 5.84 Å². The highest BCUT2D eigenvalue weighted by Gasteiger charge is 2.10. The van der Waals surface area contributed by atoms with E-state index in [0.29, 0.717) is 5.92 Å². The molecule has 0 bridgehead atoms. The molecular weight excluding hydrogens is 240 g/mol. The Morgan fingerprint density at radius 1 is 1.00 bits per heavy atom. The Balaban J connectivity index is 2.58. The Kier molecular flexibility index (Phi) is 6.76. The minimum Gasteiger partial charge on any atom is -0.271 e. The third-order valence-electron chi connectivity index (χ3n) is 2.94. The average molecular weight is 266 g/mol. The van der Waals surface area contributed by atoms with Crippen molar-refractivity contribution in [2.75, 3.05) is 11.5 Å². The van der Waals surface area contributed by atoms with Gasteiger partial charge in [-0.3, -0.25) is 11.3 Å². The number of thioether (sulfide) groups is 1. The van der Waals surface area contributed by atoms with E-state index in [9.17, 15) is 0 Å². The van der Waals surface area contributed by atoms with E-state index in [1.807, 2.05) is 11.8 Å². The third kappa shape index (κ3) is 5.01. The number of hydrogen-bond donors (Lipinski definition) is 2. The van der Waals surface area contributed by atoms with Crippen molar-refractivity contribution in [3.8, 4) is 0 Å². The van der Waals surface area contributed by atoms with Crippen molar-refractivity contribution in [3.63, 3.8) is 0 Å². The lowest BCUT2D eigenvalue weighted by molar-refractivity contribution is 0.609. The summed E-state index contributed by atoms with van der Waals surface area (Å²) >= 11 is 1.96. The number of hydrogen-bond acceptors (Lipinski definition) is 3. The van der Waals surface area contributed by atoms with E-state index >= 15 is 0 Å². The van der Waals surface area contributed by atoms with Crippen molar-refractivity contribution in [1.29, 1.82) is 0 Å². The van der Waals surface area contributed by atoms with Gasteiger partial charge in [0.05, 0.1) is 6.04 Å². The average Bonchev–Trinajstić information content (AvgIpc) is 2.34. The van der Waals surface area contributed by atoms with Crippen LogP contribution in [0.25, 0.3) is 0 Å². The predicted octanol–water partition coefficient (Wildman–Crippen LogP) is 3.70. The first-order valence-corrected chi connectivity index (χ1v) is 7.83. The third-order valence-corrected chi connectivity index (χ3v) is 4.41. The fourth-order valence-electron chi connectivity index (χ4n) is 1.78. The molecule has 0 heterocycles. The number of benzene rings is 1. The van der Waals surface area contributed by atoms with Gasteiger partial charge >= 0.3 is 0 Å². The van der Waals surface area contributed by atoms with Crippen molar-refractivity contribution in [2.24, 2.45) is 11.8 Å². The molecule has 1 aromatic rings. The smallest absolute Gasteiger partial charge is 0.0550 e. The van der Waals surface area contributed by atoms with Crippen LogP contribution in [0.4, 0.5) is 0 Å². The van der Waals surface area contributed by atoms with Crippen LogP contribution in [-0.2, 0) is 0 Å². The van der Waals surface area contributed by atoms with Gasteiger partial charge in [0.15, 0.2) is 0 Å². The second kappa shape index (κ2) is 7.82. The Hall–Kier alpha value is -0.510. The minimum absolute atomic E-state index is 0.245. The van der Waals surface area contributed by atoms with Gasteiger partial charge in [0.1, 0.15) is 0 Å². The van der Waals surface area contributed by atoms with Crippen LogP contribution in [0.3, 0.4) is 0 Å². The van der Waals surface area contributed by atoms with Crippen LogP contribution < -0.4 is 11.3 Å². The summed E-state index contributed by atoms with van der Waals surface area (Å²) in [5.41, 5.74) is 5.58. The second-order valence-corrected chi connectivity index (χ2v) is 6.55. The summed E-state index contributed by atoms with van der Waals surface area (Å²) < 4.78 is 0. The highest BCUT2D eigenvalue weighted by molar-refractivity contribution is 7.99. The molecule has 2 nitrogen and oxygen atoms in total. The molecule has 0 fully saturated rings. The first-order chi connectivity index (χ1) is 8.54. The fraction of sp³-hybridized carbons (Fsp3) is 0.600. The molecule has 0 aliphatic carbocycles. The topological polar surface area (TPSA) is 38.0 Å². The summed E-state index contributed by atoms with van der Waals surface area (Å²) in [7, 11) is 0. The molecule has 0 amide bonds. The molecule has 18 heavy (non-hydrogen) atoms. The highest BCUT2D eigenvalue weighted by atomic mass is 32.2. The van der Waals surface area contributed by atoms with Crippen LogP contribution in [0.15, 0.2) is 24.3 Å². The first-order valence-electron chi connectivity index (χ1n) is 6.68. The van der Waals surface area contributed by atoms with Gasteiger partial charge in [-0.15, -0.1) is 0 Å². The maximum atomic E-state index is 5.66. The Morgan fingerprint density at radius 2 is 1.56 bits per heavy atom. The highest BCUT2D eigenvalue weighted by Crippen LogP contribution is 2.22.